The third-order valence-corrected chi connectivity index (χ3v) is 9.05. The van der Waals surface area contributed by atoms with Gasteiger partial charge in [0, 0.05) is 26.6 Å². The van der Waals surface area contributed by atoms with E-state index in [1.165, 1.54) is 39.3 Å². The van der Waals surface area contributed by atoms with Gasteiger partial charge < -0.3 is 0 Å². The van der Waals surface area contributed by atoms with Crippen molar-refractivity contribution in [1.82, 2.24) is 0 Å². The second kappa shape index (κ2) is 4.69. The first-order valence-electron chi connectivity index (χ1n) is 5.85. The summed E-state index contributed by atoms with van der Waals surface area (Å²) in [5.41, 5.74) is 4.52. The van der Waals surface area contributed by atoms with E-state index in [-0.39, 0.29) is 0 Å². The molecule has 4 heteroatoms. The molecule has 3 rings (SSSR count). The van der Waals surface area contributed by atoms with Gasteiger partial charge in [0.25, 0.3) is 0 Å². The van der Waals surface area contributed by atoms with Crippen molar-refractivity contribution in [1.29, 1.82) is 0 Å². The lowest BCUT2D eigenvalue weighted by Gasteiger charge is -2.36. The first-order valence-corrected chi connectivity index (χ1v) is 9.60. The third kappa shape index (κ3) is 1.99. The Labute approximate surface area is 124 Å². The van der Waals surface area contributed by atoms with Crippen LogP contribution in [0.1, 0.15) is 23.1 Å². The van der Waals surface area contributed by atoms with Crippen molar-refractivity contribution in [2.75, 3.05) is 17.3 Å². The lowest BCUT2D eigenvalue weighted by Crippen LogP contribution is -2.23. The van der Waals surface area contributed by atoms with Gasteiger partial charge in [0.05, 0.1) is 4.08 Å². The van der Waals surface area contributed by atoms with Crippen molar-refractivity contribution >= 4 is 51.2 Å². The van der Waals surface area contributed by atoms with Crippen LogP contribution in [0.2, 0.25) is 0 Å². The molecule has 1 spiro atoms. The second-order valence-corrected chi connectivity index (χ2v) is 9.56. The second-order valence-electron chi connectivity index (χ2n) is 4.55. The fraction of sp³-hybridized carbons (Fsp3) is 0.538. The highest BCUT2D eigenvalue weighted by Crippen LogP contribution is 2.61. The van der Waals surface area contributed by atoms with Crippen LogP contribution >= 0.6 is 51.2 Å². The van der Waals surface area contributed by atoms with Gasteiger partial charge in [-0.05, 0) is 43.0 Å². The van der Waals surface area contributed by atoms with Crippen LogP contribution < -0.4 is 0 Å². The van der Waals surface area contributed by atoms with E-state index in [9.17, 15) is 0 Å². The van der Waals surface area contributed by atoms with Gasteiger partial charge in [0.1, 0.15) is 0 Å². The van der Waals surface area contributed by atoms with Crippen LogP contribution in [0, 0.1) is 13.8 Å². The number of benzene rings is 1. The number of halogens is 1. The van der Waals surface area contributed by atoms with Crippen molar-refractivity contribution in [2.45, 2.75) is 29.2 Å². The molecule has 0 unspecified atom stereocenters. The van der Waals surface area contributed by atoms with Gasteiger partial charge in [-0.3, -0.25) is 0 Å². The Balaban J connectivity index is 2.25. The summed E-state index contributed by atoms with van der Waals surface area (Å²) in [7, 11) is 0. The van der Waals surface area contributed by atoms with E-state index in [0.717, 1.165) is 0 Å². The Morgan fingerprint density at radius 2 is 1.88 bits per heavy atom. The Kier molecular flexibility index (Phi) is 3.53. The Morgan fingerprint density at radius 1 is 1.18 bits per heavy atom. The molecule has 0 saturated carbocycles. The quantitative estimate of drug-likeness (QED) is 0.633. The lowest BCUT2D eigenvalue weighted by atomic mass is 10.00. The molecular formula is C13H15BrS3. The van der Waals surface area contributed by atoms with Crippen LogP contribution in [0.4, 0.5) is 0 Å². The first-order chi connectivity index (χ1) is 8.14. The van der Waals surface area contributed by atoms with Crippen molar-refractivity contribution in [3.8, 4) is 0 Å². The lowest BCUT2D eigenvalue weighted by molar-refractivity contribution is 0.797. The summed E-state index contributed by atoms with van der Waals surface area (Å²) in [5, 5.41) is 0. The predicted octanol–water partition coefficient (Wildman–Crippen LogP) is 5.19. The van der Waals surface area contributed by atoms with E-state index in [1.807, 2.05) is 0 Å². The normalized spacial score (nSPS) is 21.8. The Morgan fingerprint density at radius 3 is 2.59 bits per heavy atom. The zero-order valence-electron chi connectivity index (χ0n) is 10.0. The minimum Gasteiger partial charge on any atom is -0.138 e. The number of fused-ring (bicyclic) bond motifs is 2. The third-order valence-electron chi connectivity index (χ3n) is 3.47. The maximum atomic E-state index is 3.73. The predicted molar refractivity (Wildman–Crippen MR) is 85.6 cm³/mol. The molecule has 0 aromatic heterocycles. The average molecular weight is 347 g/mol. The molecule has 0 aliphatic carbocycles. The number of hydrogen-bond acceptors (Lipinski definition) is 3. The summed E-state index contributed by atoms with van der Waals surface area (Å²) in [6.45, 7) is 4.52. The van der Waals surface area contributed by atoms with Gasteiger partial charge >= 0.3 is 0 Å². The van der Waals surface area contributed by atoms with E-state index in [2.05, 4.69) is 71.1 Å². The van der Waals surface area contributed by atoms with Gasteiger partial charge in [-0.1, -0.05) is 15.9 Å². The topological polar surface area (TPSA) is 0 Å². The Hall–Kier alpha value is 0.750. The molecule has 0 N–H and O–H groups in total. The molecule has 0 atom stereocenters. The molecule has 2 aliphatic rings. The summed E-state index contributed by atoms with van der Waals surface area (Å²) in [6, 6.07) is 2.28. The number of aryl methyl sites for hydroxylation is 1. The van der Waals surface area contributed by atoms with E-state index in [0.29, 0.717) is 4.08 Å². The molecule has 0 bridgehead atoms. The zero-order valence-corrected chi connectivity index (χ0v) is 14.0. The summed E-state index contributed by atoms with van der Waals surface area (Å²) in [6.07, 6.45) is 1.32. The smallest absolute Gasteiger partial charge is 0.0882 e. The molecule has 1 saturated heterocycles. The molecule has 0 nitrogen and oxygen atoms in total. The van der Waals surface area contributed by atoms with Crippen LogP contribution in [0.15, 0.2) is 15.4 Å². The molecular weight excluding hydrogens is 332 g/mol. The maximum absolute atomic E-state index is 3.73. The summed E-state index contributed by atoms with van der Waals surface area (Å²) < 4.78 is 1.64. The van der Waals surface area contributed by atoms with Crippen molar-refractivity contribution in [3.05, 3.63) is 27.2 Å². The van der Waals surface area contributed by atoms with Crippen LogP contribution in [0.5, 0.6) is 0 Å². The van der Waals surface area contributed by atoms with Gasteiger partial charge in [-0.15, -0.1) is 35.3 Å². The van der Waals surface area contributed by atoms with Crippen LogP contribution in [0.3, 0.4) is 0 Å². The van der Waals surface area contributed by atoms with Crippen molar-refractivity contribution in [2.24, 2.45) is 0 Å². The molecule has 92 valence electrons. The number of thioether (sulfide) groups is 3. The Bertz CT molecular complexity index is 464. The minimum absolute atomic E-state index is 0.360. The SMILES string of the molecule is Cc1cc(Br)c(C)c2c1SCCC21SCCS1. The molecule has 17 heavy (non-hydrogen) atoms. The van der Waals surface area contributed by atoms with E-state index >= 15 is 0 Å². The largest absolute Gasteiger partial charge is 0.138 e. The monoisotopic (exact) mass is 346 g/mol. The fourth-order valence-electron chi connectivity index (χ4n) is 2.65. The molecule has 2 heterocycles. The van der Waals surface area contributed by atoms with Crippen molar-refractivity contribution < 1.29 is 0 Å². The molecule has 0 amide bonds. The summed E-state index contributed by atoms with van der Waals surface area (Å²) >= 11 is 10.1. The first kappa shape index (κ1) is 12.8. The molecule has 1 aromatic rings. The summed E-state index contributed by atoms with van der Waals surface area (Å²) in [4.78, 5) is 1.55. The van der Waals surface area contributed by atoms with Crippen molar-refractivity contribution in [3.63, 3.8) is 0 Å². The summed E-state index contributed by atoms with van der Waals surface area (Å²) in [5.74, 6) is 3.88. The minimum atomic E-state index is 0.360. The highest BCUT2D eigenvalue weighted by atomic mass is 79.9. The highest BCUT2D eigenvalue weighted by Gasteiger charge is 2.43. The molecule has 1 aromatic carbocycles. The van der Waals surface area contributed by atoms with Crippen LogP contribution in [-0.4, -0.2) is 17.3 Å². The fourth-order valence-corrected chi connectivity index (χ4v) is 8.40. The van der Waals surface area contributed by atoms with Crippen LogP contribution in [-0.2, 0) is 4.08 Å². The average Bonchev–Trinajstić information content (AvgIpc) is 2.75. The maximum Gasteiger partial charge on any atom is 0.0882 e. The molecule has 0 radical (unpaired) electrons. The zero-order chi connectivity index (χ0) is 12.0. The van der Waals surface area contributed by atoms with E-state index in [1.54, 1.807) is 10.5 Å². The van der Waals surface area contributed by atoms with E-state index in [4.69, 9.17) is 0 Å². The molecule has 1 fully saturated rings. The number of hydrogen-bond donors (Lipinski definition) is 0. The van der Waals surface area contributed by atoms with Gasteiger partial charge in [0.2, 0.25) is 0 Å². The van der Waals surface area contributed by atoms with Gasteiger partial charge in [-0.2, -0.15) is 0 Å². The van der Waals surface area contributed by atoms with Gasteiger partial charge in [-0.25, -0.2) is 0 Å². The standard InChI is InChI=1S/C13H15BrS3/c1-8-7-10(14)9(2)11-12(8)15-4-3-13(11)16-5-6-17-13/h7H,3-6H2,1-2H3. The van der Waals surface area contributed by atoms with E-state index < -0.39 is 0 Å². The molecule has 2 aliphatic heterocycles. The number of rotatable bonds is 0. The van der Waals surface area contributed by atoms with Gasteiger partial charge in [0.15, 0.2) is 0 Å². The highest BCUT2D eigenvalue weighted by molar-refractivity contribution is 9.10. The van der Waals surface area contributed by atoms with Crippen LogP contribution in [0.25, 0.3) is 0 Å².